The van der Waals surface area contributed by atoms with Crippen LogP contribution >= 0.6 is 0 Å². The first kappa shape index (κ1) is 16.9. The fraction of sp³-hybridized carbons (Fsp3) is 0.294. The molecule has 122 valence electrons. The first-order chi connectivity index (χ1) is 11.0. The van der Waals surface area contributed by atoms with E-state index in [1.165, 1.54) is 12.1 Å². The van der Waals surface area contributed by atoms with Crippen LogP contribution in [-0.4, -0.2) is 43.0 Å². The molecule has 0 aliphatic heterocycles. The molecule has 2 rings (SSSR count). The number of nitrogens with zero attached hydrogens (tertiary/aromatic N) is 2. The van der Waals surface area contributed by atoms with Crippen LogP contribution in [0, 0.1) is 5.82 Å². The summed E-state index contributed by atoms with van der Waals surface area (Å²) in [6.45, 7) is 1.54. The van der Waals surface area contributed by atoms with Crippen molar-refractivity contribution < 1.29 is 9.18 Å². The fourth-order valence-electron chi connectivity index (χ4n) is 1.99. The number of anilines is 2. The molecule has 0 radical (unpaired) electrons. The highest BCUT2D eigenvalue weighted by molar-refractivity contribution is 5.92. The van der Waals surface area contributed by atoms with E-state index in [0.29, 0.717) is 12.2 Å². The Morgan fingerprint density at radius 3 is 2.43 bits per heavy atom. The van der Waals surface area contributed by atoms with Gasteiger partial charge in [0.05, 0.1) is 11.9 Å². The highest BCUT2D eigenvalue weighted by atomic mass is 19.1. The van der Waals surface area contributed by atoms with E-state index in [0.717, 1.165) is 24.3 Å². The van der Waals surface area contributed by atoms with E-state index >= 15 is 0 Å². The second-order valence-corrected chi connectivity index (χ2v) is 5.48. The second kappa shape index (κ2) is 8.24. The molecule has 0 saturated heterocycles. The summed E-state index contributed by atoms with van der Waals surface area (Å²) in [6, 6.07) is 9.47. The average Bonchev–Trinajstić information content (AvgIpc) is 2.54. The molecule has 0 bridgehead atoms. The maximum Gasteiger partial charge on any atom is 0.269 e. The number of halogens is 1. The number of benzene rings is 1. The zero-order chi connectivity index (χ0) is 16.7. The van der Waals surface area contributed by atoms with Crippen LogP contribution in [0.25, 0.3) is 0 Å². The number of pyridine rings is 1. The van der Waals surface area contributed by atoms with E-state index in [-0.39, 0.29) is 11.7 Å². The van der Waals surface area contributed by atoms with Gasteiger partial charge in [0.2, 0.25) is 0 Å². The van der Waals surface area contributed by atoms with Gasteiger partial charge in [-0.25, -0.2) is 9.37 Å². The first-order valence-corrected chi connectivity index (χ1v) is 7.46. The number of rotatable bonds is 7. The Kier molecular flexibility index (Phi) is 6.05. The Morgan fingerprint density at radius 2 is 1.83 bits per heavy atom. The highest BCUT2D eigenvalue weighted by Gasteiger charge is 2.06. The van der Waals surface area contributed by atoms with Crippen molar-refractivity contribution in [3.8, 4) is 0 Å². The Bertz CT molecular complexity index is 626. The molecule has 0 spiro atoms. The molecule has 1 aromatic carbocycles. The van der Waals surface area contributed by atoms with E-state index in [1.54, 1.807) is 30.5 Å². The summed E-state index contributed by atoms with van der Waals surface area (Å²) in [7, 11) is 3.99. The molecule has 6 heteroatoms. The van der Waals surface area contributed by atoms with Crippen LogP contribution in [0.2, 0.25) is 0 Å². The van der Waals surface area contributed by atoms with Crippen molar-refractivity contribution >= 4 is 17.3 Å². The molecule has 2 N–H and O–H groups in total. The summed E-state index contributed by atoms with van der Waals surface area (Å²) in [6.07, 6.45) is 2.47. The molecular formula is C17H21FN4O. The van der Waals surface area contributed by atoms with Crippen molar-refractivity contribution in [2.75, 3.05) is 32.5 Å². The minimum absolute atomic E-state index is 0.183. The minimum atomic E-state index is -0.282. The van der Waals surface area contributed by atoms with Gasteiger partial charge in [0.1, 0.15) is 11.5 Å². The van der Waals surface area contributed by atoms with E-state index in [9.17, 15) is 9.18 Å². The number of nitrogens with one attached hydrogen (secondary N) is 2. The summed E-state index contributed by atoms with van der Waals surface area (Å²) in [4.78, 5) is 18.2. The maximum atomic E-state index is 12.9. The quantitative estimate of drug-likeness (QED) is 0.771. The van der Waals surface area contributed by atoms with Crippen molar-refractivity contribution in [2.45, 2.75) is 6.42 Å². The van der Waals surface area contributed by atoms with Gasteiger partial charge in [-0.15, -0.1) is 0 Å². The monoisotopic (exact) mass is 316 g/mol. The molecular weight excluding hydrogens is 295 g/mol. The Balaban J connectivity index is 1.86. The molecule has 23 heavy (non-hydrogen) atoms. The van der Waals surface area contributed by atoms with Crippen molar-refractivity contribution in [2.24, 2.45) is 0 Å². The van der Waals surface area contributed by atoms with Gasteiger partial charge in [-0.3, -0.25) is 4.79 Å². The zero-order valence-electron chi connectivity index (χ0n) is 13.3. The topological polar surface area (TPSA) is 57.3 Å². The molecule has 1 aromatic heterocycles. The lowest BCUT2D eigenvalue weighted by Crippen LogP contribution is -2.27. The summed E-state index contributed by atoms with van der Waals surface area (Å²) < 4.78 is 12.9. The minimum Gasteiger partial charge on any atom is -0.354 e. The van der Waals surface area contributed by atoms with Crippen LogP contribution in [-0.2, 0) is 0 Å². The average molecular weight is 316 g/mol. The molecule has 0 saturated carbocycles. The predicted octanol–water partition coefficient (Wildman–Crippen LogP) is 2.65. The molecule has 2 aromatic rings. The van der Waals surface area contributed by atoms with Gasteiger partial charge in [0.25, 0.3) is 5.91 Å². The molecule has 0 aliphatic rings. The van der Waals surface area contributed by atoms with Gasteiger partial charge >= 0.3 is 0 Å². The van der Waals surface area contributed by atoms with Crippen LogP contribution in [0.3, 0.4) is 0 Å². The van der Waals surface area contributed by atoms with Crippen LogP contribution in [0.5, 0.6) is 0 Å². The van der Waals surface area contributed by atoms with Crippen molar-refractivity contribution in [1.29, 1.82) is 0 Å². The van der Waals surface area contributed by atoms with Gasteiger partial charge < -0.3 is 15.5 Å². The lowest BCUT2D eigenvalue weighted by molar-refractivity contribution is 0.0947. The van der Waals surface area contributed by atoms with Crippen LogP contribution in [0.1, 0.15) is 16.9 Å². The van der Waals surface area contributed by atoms with E-state index in [1.807, 2.05) is 14.1 Å². The van der Waals surface area contributed by atoms with Crippen LogP contribution in [0.15, 0.2) is 42.6 Å². The van der Waals surface area contributed by atoms with Gasteiger partial charge in [-0.2, -0.15) is 0 Å². The Morgan fingerprint density at radius 1 is 1.13 bits per heavy atom. The van der Waals surface area contributed by atoms with Crippen molar-refractivity contribution in [3.63, 3.8) is 0 Å². The second-order valence-electron chi connectivity index (χ2n) is 5.48. The summed E-state index contributed by atoms with van der Waals surface area (Å²) in [5.41, 5.74) is 1.87. The van der Waals surface area contributed by atoms with Gasteiger partial charge in [0.15, 0.2) is 0 Å². The van der Waals surface area contributed by atoms with E-state index in [2.05, 4.69) is 20.5 Å². The SMILES string of the molecule is CN(C)CCCNC(=O)c1ccc(Nc2ccc(F)cc2)cn1. The highest BCUT2D eigenvalue weighted by Crippen LogP contribution is 2.16. The number of hydrogen-bond acceptors (Lipinski definition) is 4. The molecule has 1 amide bonds. The third kappa shape index (κ3) is 5.67. The normalized spacial score (nSPS) is 10.6. The van der Waals surface area contributed by atoms with Gasteiger partial charge in [-0.05, 0) is 63.5 Å². The Hall–Kier alpha value is -2.47. The molecule has 0 aliphatic carbocycles. The van der Waals surface area contributed by atoms with Gasteiger partial charge in [0, 0.05) is 12.2 Å². The standard InChI is InChI=1S/C17H21FN4O/c1-22(2)11-3-10-19-17(23)16-9-8-15(12-20-16)21-14-6-4-13(18)5-7-14/h4-9,12,21H,3,10-11H2,1-2H3,(H,19,23). The summed E-state index contributed by atoms with van der Waals surface area (Å²) in [5.74, 6) is -0.466. The molecule has 1 heterocycles. The van der Waals surface area contributed by atoms with E-state index < -0.39 is 0 Å². The first-order valence-electron chi connectivity index (χ1n) is 7.46. The third-order valence-electron chi connectivity index (χ3n) is 3.20. The summed E-state index contributed by atoms with van der Waals surface area (Å²) >= 11 is 0. The van der Waals surface area contributed by atoms with Crippen molar-refractivity contribution in [1.82, 2.24) is 15.2 Å². The number of amides is 1. The molecule has 5 nitrogen and oxygen atoms in total. The number of carbonyl (C=O) groups is 1. The third-order valence-corrected chi connectivity index (χ3v) is 3.20. The number of carbonyl (C=O) groups excluding carboxylic acids is 1. The van der Waals surface area contributed by atoms with Crippen LogP contribution < -0.4 is 10.6 Å². The van der Waals surface area contributed by atoms with Gasteiger partial charge in [-0.1, -0.05) is 0 Å². The number of aromatic nitrogens is 1. The summed E-state index contributed by atoms with van der Waals surface area (Å²) in [5, 5.41) is 5.94. The predicted molar refractivity (Wildman–Crippen MR) is 89.4 cm³/mol. The van der Waals surface area contributed by atoms with Crippen molar-refractivity contribution in [3.05, 3.63) is 54.1 Å². The number of hydrogen-bond donors (Lipinski definition) is 2. The lowest BCUT2D eigenvalue weighted by atomic mass is 10.2. The lowest BCUT2D eigenvalue weighted by Gasteiger charge is -2.10. The van der Waals surface area contributed by atoms with E-state index in [4.69, 9.17) is 0 Å². The van der Waals surface area contributed by atoms with Crippen LogP contribution in [0.4, 0.5) is 15.8 Å². The smallest absolute Gasteiger partial charge is 0.269 e. The zero-order valence-corrected chi connectivity index (χ0v) is 13.3. The molecule has 0 unspecified atom stereocenters. The molecule has 0 fully saturated rings. The maximum absolute atomic E-state index is 12.9. The molecule has 0 atom stereocenters. The largest absolute Gasteiger partial charge is 0.354 e. The Labute approximate surface area is 135 Å². The fourth-order valence-corrected chi connectivity index (χ4v) is 1.99.